The van der Waals surface area contributed by atoms with Crippen molar-refractivity contribution in [3.8, 4) is 0 Å². The minimum atomic E-state index is -0.674. The minimum Gasteiger partial charge on any atom is -0.456 e. The molecule has 0 saturated carbocycles. The molecule has 1 atom stereocenters. The fourth-order valence-electron chi connectivity index (χ4n) is 1.45. The summed E-state index contributed by atoms with van der Waals surface area (Å²) in [4.78, 5) is 12.2. The van der Waals surface area contributed by atoms with Crippen molar-refractivity contribution in [1.29, 1.82) is 0 Å². The van der Waals surface area contributed by atoms with Gasteiger partial charge in [0.15, 0.2) is 0 Å². The summed E-state index contributed by atoms with van der Waals surface area (Å²) >= 11 is 8.88. The van der Waals surface area contributed by atoms with Crippen LogP contribution in [0.15, 0.2) is 22.7 Å². The zero-order valence-corrected chi connectivity index (χ0v) is 14.1. The molecule has 0 aromatic heterocycles. The van der Waals surface area contributed by atoms with Gasteiger partial charge in [-0.1, -0.05) is 15.9 Å². The molecule has 0 aliphatic heterocycles. The Morgan fingerprint density at radius 1 is 1.50 bits per heavy atom. The van der Waals surface area contributed by atoms with Crippen LogP contribution in [0.1, 0.15) is 31.1 Å². The highest BCUT2D eigenvalue weighted by atomic mass is 79.9. The molecule has 0 fully saturated rings. The lowest BCUT2D eigenvalue weighted by atomic mass is 10.1. The first-order valence-corrected chi connectivity index (χ1v) is 7.56. The van der Waals surface area contributed by atoms with Gasteiger partial charge in [0.05, 0.1) is 17.5 Å². The average molecular weight is 365 g/mol. The van der Waals surface area contributed by atoms with Gasteiger partial charge in [-0.15, -0.1) is 11.6 Å². The zero-order chi connectivity index (χ0) is 15.3. The first kappa shape index (κ1) is 17.3. The average Bonchev–Trinajstić information content (AvgIpc) is 2.34. The van der Waals surface area contributed by atoms with E-state index in [-0.39, 0.29) is 12.4 Å². The molecule has 1 rings (SSSR count). The zero-order valence-electron chi connectivity index (χ0n) is 11.7. The van der Waals surface area contributed by atoms with Gasteiger partial charge in [-0.05, 0) is 39.0 Å². The van der Waals surface area contributed by atoms with Crippen molar-refractivity contribution in [2.45, 2.75) is 32.5 Å². The van der Waals surface area contributed by atoms with Crippen molar-refractivity contribution >= 4 is 39.2 Å². The van der Waals surface area contributed by atoms with Gasteiger partial charge in [-0.3, -0.25) is 0 Å². The van der Waals surface area contributed by atoms with E-state index in [1.165, 1.54) is 0 Å². The molecular formula is C14H19BrClNO3. The Kier molecular flexibility index (Phi) is 6.30. The van der Waals surface area contributed by atoms with Gasteiger partial charge in [0.1, 0.15) is 5.60 Å². The molecule has 0 spiro atoms. The summed E-state index contributed by atoms with van der Waals surface area (Å²) in [5.41, 5.74) is 0.453. The third kappa shape index (κ3) is 5.69. The Bertz CT molecular complexity index is 474. The highest BCUT2D eigenvalue weighted by molar-refractivity contribution is 9.10. The number of carbonyl (C=O) groups is 1. The Labute approximate surface area is 132 Å². The predicted octanol–water partition coefficient (Wildman–Crippen LogP) is 3.42. The molecule has 2 N–H and O–H groups in total. The van der Waals surface area contributed by atoms with Gasteiger partial charge >= 0.3 is 5.97 Å². The smallest absolute Gasteiger partial charge is 0.340 e. The van der Waals surface area contributed by atoms with Gasteiger partial charge in [0.25, 0.3) is 0 Å². The molecule has 20 heavy (non-hydrogen) atoms. The lowest BCUT2D eigenvalue weighted by Gasteiger charge is -2.21. The number of ether oxygens (including phenoxy) is 1. The van der Waals surface area contributed by atoms with Crippen LogP contribution < -0.4 is 5.32 Å². The maximum absolute atomic E-state index is 12.2. The monoisotopic (exact) mass is 363 g/mol. The van der Waals surface area contributed by atoms with E-state index in [2.05, 4.69) is 21.2 Å². The topological polar surface area (TPSA) is 58.6 Å². The summed E-state index contributed by atoms with van der Waals surface area (Å²) in [5.74, 6) is -0.285. The molecule has 6 heteroatoms. The highest BCUT2D eigenvalue weighted by Crippen LogP contribution is 2.24. The van der Waals surface area contributed by atoms with E-state index in [0.717, 1.165) is 4.47 Å². The number of alkyl halides is 1. The number of hydrogen-bond donors (Lipinski definition) is 2. The number of halogens is 2. The molecule has 4 nitrogen and oxygen atoms in total. The standard InChI is InChI=1S/C14H19BrClNO3/c1-14(2,3)20-13(19)11-6-9(15)4-5-12(11)17-8-10(18)7-16/h4-6,10,17-18H,7-8H2,1-3H3. The predicted molar refractivity (Wildman–Crippen MR) is 84.5 cm³/mol. The maximum atomic E-state index is 12.2. The lowest BCUT2D eigenvalue weighted by molar-refractivity contribution is 0.00705. The number of aliphatic hydroxyl groups is 1. The fourth-order valence-corrected chi connectivity index (χ4v) is 1.93. The van der Waals surface area contributed by atoms with Crippen molar-refractivity contribution in [2.75, 3.05) is 17.7 Å². The Hall–Kier alpha value is -0.780. The number of rotatable bonds is 5. The molecular weight excluding hydrogens is 346 g/mol. The molecule has 1 unspecified atom stereocenters. The van der Waals surface area contributed by atoms with Crippen LogP contribution >= 0.6 is 27.5 Å². The van der Waals surface area contributed by atoms with E-state index in [9.17, 15) is 9.90 Å². The number of nitrogens with one attached hydrogen (secondary N) is 1. The van der Waals surface area contributed by atoms with Crippen molar-refractivity contribution in [3.05, 3.63) is 28.2 Å². The summed E-state index contributed by atoms with van der Waals surface area (Å²) in [6.45, 7) is 5.70. The molecule has 112 valence electrons. The maximum Gasteiger partial charge on any atom is 0.340 e. The molecule has 0 heterocycles. The molecule has 0 amide bonds. The normalized spacial score (nSPS) is 12.9. The second-order valence-electron chi connectivity index (χ2n) is 5.38. The first-order valence-electron chi connectivity index (χ1n) is 6.23. The Morgan fingerprint density at radius 3 is 2.70 bits per heavy atom. The Morgan fingerprint density at radius 2 is 2.15 bits per heavy atom. The number of benzene rings is 1. The molecule has 0 aliphatic rings. The van der Waals surface area contributed by atoms with Gasteiger partial charge in [0.2, 0.25) is 0 Å². The van der Waals surface area contributed by atoms with Crippen LogP contribution in [0.25, 0.3) is 0 Å². The summed E-state index contributed by atoms with van der Waals surface area (Å²) in [5, 5.41) is 12.5. The number of esters is 1. The molecule has 0 bridgehead atoms. The van der Waals surface area contributed by atoms with Crippen molar-refractivity contribution in [2.24, 2.45) is 0 Å². The van der Waals surface area contributed by atoms with Crippen LogP contribution in [-0.4, -0.2) is 35.2 Å². The number of carbonyl (C=O) groups excluding carboxylic acids is 1. The van der Waals surface area contributed by atoms with Crippen LogP contribution in [0.2, 0.25) is 0 Å². The van der Waals surface area contributed by atoms with E-state index in [1.807, 2.05) is 26.8 Å². The van der Waals surface area contributed by atoms with E-state index < -0.39 is 17.7 Å². The van der Waals surface area contributed by atoms with Crippen LogP contribution in [-0.2, 0) is 4.74 Å². The molecule has 0 aliphatic carbocycles. The SMILES string of the molecule is CC(C)(C)OC(=O)c1cc(Br)ccc1NCC(O)CCl. The second-order valence-corrected chi connectivity index (χ2v) is 6.61. The van der Waals surface area contributed by atoms with Gasteiger partial charge < -0.3 is 15.2 Å². The lowest BCUT2D eigenvalue weighted by Crippen LogP contribution is -2.26. The quantitative estimate of drug-likeness (QED) is 0.621. The molecule has 1 aromatic rings. The summed E-state index contributed by atoms with van der Waals surface area (Å²) in [7, 11) is 0. The number of aliphatic hydroxyl groups excluding tert-OH is 1. The third-order valence-electron chi connectivity index (χ3n) is 2.31. The van der Waals surface area contributed by atoms with E-state index in [1.54, 1.807) is 12.1 Å². The third-order valence-corrected chi connectivity index (χ3v) is 3.16. The first-order chi connectivity index (χ1) is 9.23. The summed E-state index contributed by atoms with van der Waals surface area (Å²) in [6, 6.07) is 5.25. The Balaban J connectivity index is 2.92. The van der Waals surface area contributed by atoms with Crippen LogP contribution in [0.3, 0.4) is 0 Å². The van der Waals surface area contributed by atoms with Crippen molar-refractivity contribution < 1.29 is 14.6 Å². The van der Waals surface area contributed by atoms with Crippen LogP contribution in [0, 0.1) is 0 Å². The van der Waals surface area contributed by atoms with Crippen LogP contribution in [0.4, 0.5) is 5.69 Å². The molecule has 1 aromatic carbocycles. The fraction of sp³-hybridized carbons (Fsp3) is 0.500. The summed E-state index contributed by atoms with van der Waals surface area (Å²) in [6.07, 6.45) is -0.674. The molecule has 0 saturated heterocycles. The largest absolute Gasteiger partial charge is 0.456 e. The van der Waals surface area contributed by atoms with Gasteiger partial charge in [0, 0.05) is 16.7 Å². The van der Waals surface area contributed by atoms with E-state index in [0.29, 0.717) is 11.3 Å². The van der Waals surface area contributed by atoms with Crippen molar-refractivity contribution in [1.82, 2.24) is 0 Å². The highest BCUT2D eigenvalue weighted by Gasteiger charge is 2.21. The van der Waals surface area contributed by atoms with E-state index in [4.69, 9.17) is 16.3 Å². The number of anilines is 1. The van der Waals surface area contributed by atoms with Gasteiger partial charge in [-0.25, -0.2) is 4.79 Å². The second kappa shape index (κ2) is 7.29. The van der Waals surface area contributed by atoms with Crippen molar-refractivity contribution in [3.63, 3.8) is 0 Å². The minimum absolute atomic E-state index is 0.130. The van der Waals surface area contributed by atoms with E-state index >= 15 is 0 Å². The van der Waals surface area contributed by atoms with Gasteiger partial charge in [-0.2, -0.15) is 0 Å². The summed E-state index contributed by atoms with van der Waals surface area (Å²) < 4.78 is 6.14. The molecule has 0 radical (unpaired) electrons. The van der Waals surface area contributed by atoms with Crippen LogP contribution in [0.5, 0.6) is 0 Å². The number of hydrogen-bond acceptors (Lipinski definition) is 4.